The molecule has 0 fully saturated rings. The molecule has 1 aliphatic rings. The molecule has 0 aromatic heterocycles. The summed E-state index contributed by atoms with van der Waals surface area (Å²) in [5.41, 5.74) is 3.14. The summed E-state index contributed by atoms with van der Waals surface area (Å²) in [7, 11) is 0. The van der Waals surface area contributed by atoms with Crippen molar-refractivity contribution >= 4 is 0 Å². The van der Waals surface area contributed by atoms with Crippen molar-refractivity contribution in [3.63, 3.8) is 0 Å². The summed E-state index contributed by atoms with van der Waals surface area (Å²) in [4.78, 5) is 0. The van der Waals surface area contributed by atoms with Crippen LogP contribution in [0.2, 0.25) is 0 Å². The van der Waals surface area contributed by atoms with Crippen LogP contribution in [0.25, 0.3) is 0 Å². The number of ether oxygens (including phenoxy) is 1. The van der Waals surface area contributed by atoms with E-state index < -0.39 is 0 Å². The van der Waals surface area contributed by atoms with Crippen molar-refractivity contribution in [1.29, 1.82) is 5.26 Å². The second kappa shape index (κ2) is 2.96. The Hall–Kier alpha value is -1.33. The first-order valence-electron chi connectivity index (χ1n) is 4.00. The standard InChI is InChI=1S/C10H9NO/c11-6-8-2-1-3-9-7-12-5-4-10(8)9/h1-3H,4-5,7H2. The molecule has 2 rings (SSSR count). The summed E-state index contributed by atoms with van der Waals surface area (Å²) in [5.74, 6) is 0. The van der Waals surface area contributed by atoms with Crippen molar-refractivity contribution < 1.29 is 4.74 Å². The predicted octanol–water partition coefficient (Wildman–Crippen LogP) is 1.63. The van der Waals surface area contributed by atoms with Crippen LogP contribution < -0.4 is 0 Å². The Kier molecular flexibility index (Phi) is 1.81. The van der Waals surface area contributed by atoms with Crippen LogP contribution in [0.15, 0.2) is 18.2 Å². The molecule has 0 bridgehead atoms. The molecule has 2 nitrogen and oxygen atoms in total. The Morgan fingerprint density at radius 3 is 3.17 bits per heavy atom. The zero-order chi connectivity index (χ0) is 8.39. The maximum atomic E-state index is 8.80. The molecule has 1 aliphatic heterocycles. The van der Waals surface area contributed by atoms with Crippen LogP contribution in [0.5, 0.6) is 0 Å². The van der Waals surface area contributed by atoms with E-state index in [2.05, 4.69) is 6.07 Å². The van der Waals surface area contributed by atoms with Crippen LogP contribution in [0.3, 0.4) is 0 Å². The molecule has 1 aromatic carbocycles. The maximum absolute atomic E-state index is 8.80. The third-order valence-electron chi connectivity index (χ3n) is 2.15. The number of nitrogens with zero attached hydrogens (tertiary/aromatic N) is 1. The van der Waals surface area contributed by atoms with Crippen molar-refractivity contribution in [1.82, 2.24) is 0 Å². The second-order valence-corrected chi connectivity index (χ2v) is 2.86. The zero-order valence-electron chi connectivity index (χ0n) is 6.71. The molecule has 0 spiro atoms. The molecule has 0 saturated carbocycles. The van der Waals surface area contributed by atoms with Crippen LogP contribution in [-0.2, 0) is 17.8 Å². The Morgan fingerprint density at radius 2 is 2.33 bits per heavy atom. The van der Waals surface area contributed by atoms with E-state index in [1.807, 2.05) is 18.2 Å². The molecule has 0 N–H and O–H groups in total. The highest BCUT2D eigenvalue weighted by Gasteiger charge is 2.11. The number of nitriles is 1. The van der Waals surface area contributed by atoms with Gasteiger partial charge in [-0.25, -0.2) is 0 Å². The van der Waals surface area contributed by atoms with Gasteiger partial charge < -0.3 is 4.74 Å². The van der Waals surface area contributed by atoms with E-state index in [-0.39, 0.29) is 0 Å². The second-order valence-electron chi connectivity index (χ2n) is 2.86. The van der Waals surface area contributed by atoms with Gasteiger partial charge in [-0.15, -0.1) is 0 Å². The SMILES string of the molecule is N#Cc1cccc2c1CCOC2. The lowest BCUT2D eigenvalue weighted by Gasteiger charge is -2.16. The summed E-state index contributed by atoms with van der Waals surface area (Å²) in [6.07, 6.45) is 0.874. The predicted molar refractivity (Wildman–Crippen MR) is 44.5 cm³/mol. The lowest BCUT2D eigenvalue weighted by molar-refractivity contribution is 0.110. The van der Waals surface area contributed by atoms with Crippen LogP contribution in [0, 0.1) is 11.3 Å². The first-order chi connectivity index (χ1) is 5.92. The maximum Gasteiger partial charge on any atom is 0.0994 e. The molecular weight excluding hydrogens is 150 g/mol. The van der Waals surface area contributed by atoms with Gasteiger partial charge in [0.15, 0.2) is 0 Å². The smallest absolute Gasteiger partial charge is 0.0994 e. The fraction of sp³-hybridized carbons (Fsp3) is 0.300. The molecule has 0 saturated heterocycles. The minimum atomic E-state index is 0.658. The van der Waals surface area contributed by atoms with E-state index in [0.717, 1.165) is 18.6 Å². The lowest BCUT2D eigenvalue weighted by atomic mass is 9.98. The normalized spacial score (nSPS) is 14.9. The van der Waals surface area contributed by atoms with Crippen LogP contribution in [0.1, 0.15) is 16.7 Å². The summed E-state index contributed by atoms with van der Waals surface area (Å²) in [5, 5.41) is 8.80. The number of benzene rings is 1. The molecule has 0 aliphatic carbocycles. The van der Waals surface area contributed by atoms with Gasteiger partial charge in [0.25, 0.3) is 0 Å². The van der Waals surface area contributed by atoms with Crippen molar-refractivity contribution in [2.45, 2.75) is 13.0 Å². The first kappa shape index (κ1) is 7.33. The molecule has 0 amide bonds. The van der Waals surface area contributed by atoms with Gasteiger partial charge in [0, 0.05) is 0 Å². The highest BCUT2D eigenvalue weighted by Crippen LogP contribution is 2.19. The van der Waals surface area contributed by atoms with Gasteiger partial charge in [-0.2, -0.15) is 5.26 Å². The molecule has 0 unspecified atom stereocenters. The number of rotatable bonds is 0. The van der Waals surface area contributed by atoms with E-state index in [1.165, 1.54) is 11.1 Å². The molecule has 0 atom stereocenters. The third kappa shape index (κ3) is 1.09. The van der Waals surface area contributed by atoms with Gasteiger partial charge in [-0.1, -0.05) is 12.1 Å². The summed E-state index contributed by atoms with van der Waals surface area (Å²) in [6.45, 7) is 1.40. The van der Waals surface area contributed by atoms with Gasteiger partial charge >= 0.3 is 0 Å². The van der Waals surface area contributed by atoms with Gasteiger partial charge in [-0.3, -0.25) is 0 Å². The minimum Gasteiger partial charge on any atom is -0.376 e. The Labute approximate surface area is 71.4 Å². The first-order valence-corrected chi connectivity index (χ1v) is 4.00. The quantitative estimate of drug-likeness (QED) is 0.576. The topological polar surface area (TPSA) is 33.0 Å². The van der Waals surface area contributed by atoms with E-state index in [1.54, 1.807) is 0 Å². The fourth-order valence-electron chi connectivity index (χ4n) is 1.53. The van der Waals surface area contributed by atoms with E-state index >= 15 is 0 Å². The Bertz CT molecular complexity index is 338. The monoisotopic (exact) mass is 159 g/mol. The largest absolute Gasteiger partial charge is 0.376 e. The molecule has 2 heteroatoms. The van der Waals surface area contributed by atoms with Crippen LogP contribution >= 0.6 is 0 Å². The van der Waals surface area contributed by atoms with E-state index in [0.29, 0.717) is 6.61 Å². The minimum absolute atomic E-state index is 0.658. The summed E-state index contributed by atoms with van der Waals surface area (Å²) in [6, 6.07) is 8.00. The molecule has 1 heterocycles. The van der Waals surface area contributed by atoms with Gasteiger partial charge in [0.05, 0.1) is 24.8 Å². The van der Waals surface area contributed by atoms with Crippen molar-refractivity contribution in [3.05, 3.63) is 34.9 Å². The highest BCUT2D eigenvalue weighted by molar-refractivity contribution is 5.43. The van der Waals surface area contributed by atoms with Crippen molar-refractivity contribution in [3.8, 4) is 6.07 Å². The van der Waals surface area contributed by atoms with E-state index in [4.69, 9.17) is 10.00 Å². The number of fused-ring (bicyclic) bond motifs is 1. The molecule has 0 radical (unpaired) electrons. The van der Waals surface area contributed by atoms with E-state index in [9.17, 15) is 0 Å². The number of hydrogen-bond acceptors (Lipinski definition) is 2. The summed E-state index contributed by atoms with van der Waals surface area (Å²) < 4.78 is 5.29. The lowest BCUT2D eigenvalue weighted by Crippen LogP contribution is -2.11. The zero-order valence-corrected chi connectivity index (χ0v) is 6.71. The highest BCUT2D eigenvalue weighted by atomic mass is 16.5. The average Bonchev–Trinajstić information content (AvgIpc) is 2.17. The molecular formula is C10H9NO. The molecule has 12 heavy (non-hydrogen) atoms. The Morgan fingerprint density at radius 1 is 1.42 bits per heavy atom. The van der Waals surface area contributed by atoms with Gasteiger partial charge in [0.1, 0.15) is 0 Å². The fourth-order valence-corrected chi connectivity index (χ4v) is 1.53. The van der Waals surface area contributed by atoms with Crippen LogP contribution in [-0.4, -0.2) is 6.61 Å². The van der Waals surface area contributed by atoms with Gasteiger partial charge in [0.2, 0.25) is 0 Å². The average molecular weight is 159 g/mol. The molecule has 60 valence electrons. The summed E-state index contributed by atoms with van der Waals surface area (Å²) >= 11 is 0. The number of hydrogen-bond donors (Lipinski definition) is 0. The van der Waals surface area contributed by atoms with Crippen molar-refractivity contribution in [2.75, 3.05) is 6.61 Å². The van der Waals surface area contributed by atoms with Crippen molar-refractivity contribution in [2.24, 2.45) is 0 Å². The van der Waals surface area contributed by atoms with Gasteiger partial charge in [-0.05, 0) is 23.6 Å². The third-order valence-corrected chi connectivity index (χ3v) is 2.15. The molecule has 1 aromatic rings. The Balaban J connectivity index is 2.53. The van der Waals surface area contributed by atoms with Crippen LogP contribution in [0.4, 0.5) is 0 Å².